The molecule has 0 aromatic rings. The lowest BCUT2D eigenvalue weighted by Crippen LogP contribution is -2.58. The monoisotopic (exact) mass is 214 g/mol. The van der Waals surface area contributed by atoms with E-state index in [9.17, 15) is 4.79 Å². The summed E-state index contributed by atoms with van der Waals surface area (Å²) in [6.07, 6.45) is 3.54. The fraction of sp³-hybridized carbons (Fsp3) is 0.909. The number of hydrogen-bond acceptors (Lipinski definition) is 3. The third-order valence-corrected chi connectivity index (χ3v) is 3.24. The average Bonchev–Trinajstić information content (AvgIpc) is 2.11. The van der Waals surface area contributed by atoms with Gasteiger partial charge in [-0.15, -0.1) is 0 Å². The molecule has 0 spiro atoms. The molecule has 0 bridgehead atoms. The van der Waals surface area contributed by atoms with Crippen LogP contribution in [0.1, 0.15) is 39.5 Å². The Labute approximate surface area is 91.5 Å². The van der Waals surface area contributed by atoms with Gasteiger partial charge in [0.25, 0.3) is 0 Å². The van der Waals surface area contributed by atoms with Crippen molar-refractivity contribution in [3.8, 4) is 0 Å². The molecule has 1 aliphatic rings. The second kappa shape index (κ2) is 4.49. The molecule has 0 aromatic carbocycles. The summed E-state index contributed by atoms with van der Waals surface area (Å²) in [5.41, 5.74) is 5.14. The first-order valence-electron chi connectivity index (χ1n) is 5.49. The lowest BCUT2D eigenvalue weighted by Gasteiger charge is -2.42. The van der Waals surface area contributed by atoms with Gasteiger partial charge in [-0.25, -0.2) is 0 Å². The molecule has 0 atom stereocenters. The highest BCUT2D eigenvalue weighted by atomic mass is 16.5. The van der Waals surface area contributed by atoms with Crippen LogP contribution < -0.4 is 11.1 Å². The molecular weight excluding hydrogens is 192 g/mol. The number of carbonyl (C=O) groups is 1. The van der Waals surface area contributed by atoms with E-state index in [1.807, 2.05) is 13.8 Å². The van der Waals surface area contributed by atoms with Crippen LogP contribution in [0.5, 0.6) is 0 Å². The van der Waals surface area contributed by atoms with E-state index in [1.165, 1.54) is 0 Å². The highest BCUT2D eigenvalue weighted by Gasteiger charge is 2.37. The Hall–Kier alpha value is -0.610. The first kappa shape index (κ1) is 12.5. The molecule has 0 unspecified atom stereocenters. The number of nitrogens with one attached hydrogen (secondary N) is 1. The van der Waals surface area contributed by atoms with Gasteiger partial charge in [-0.05, 0) is 33.1 Å². The summed E-state index contributed by atoms with van der Waals surface area (Å²) in [6, 6.07) is 0. The van der Waals surface area contributed by atoms with E-state index in [4.69, 9.17) is 10.5 Å². The molecule has 1 fully saturated rings. The molecule has 0 heterocycles. The van der Waals surface area contributed by atoms with Gasteiger partial charge in [0, 0.05) is 13.7 Å². The summed E-state index contributed by atoms with van der Waals surface area (Å²) >= 11 is 0. The van der Waals surface area contributed by atoms with Crippen LogP contribution in [-0.4, -0.2) is 30.7 Å². The molecule has 0 radical (unpaired) electrons. The molecule has 0 saturated heterocycles. The molecule has 1 aliphatic carbocycles. The van der Waals surface area contributed by atoms with Crippen LogP contribution in [-0.2, 0) is 9.53 Å². The Morgan fingerprint density at radius 2 is 2.13 bits per heavy atom. The van der Waals surface area contributed by atoms with Crippen molar-refractivity contribution in [3.63, 3.8) is 0 Å². The van der Waals surface area contributed by atoms with Gasteiger partial charge in [0.15, 0.2) is 0 Å². The van der Waals surface area contributed by atoms with Crippen LogP contribution in [0.2, 0.25) is 0 Å². The zero-order valence-corrected chi connectivity index (χ0v) is 9.93. The minimum Gasteiger partial charge on any atom is -0.378 e. The van der Waals surface area contributed by atoms with Crippen molar-refractivity contribution in [1.29, 1.82) is 0 Å². The maximum Gasteiger partial charge on any atom is 0.223 e. The fourth-order valence-corrected chi connectivity index (χ4v) is 1.78. The van der Waals surface area contributed by atoms with Gasteiger partial charge < -0.3 is 15.8 Å². The van der Waals surface area contributed by atoms with Crippen molar-refractivity contribution >= 4 is 5.91 Å². The molecule has 4 nitrogen and oxygen atoms in total. The number of ether oxygens (including phenoxy) is 1. The summed E-state index contributed by atoms with van der Waals surface area (Å²) in [7, 11) is 1.62. The first-order valence-corrected chi connectivity index (χ1v) is 5.49. The topological polar surface area (TPSA) is 64.3 Å². The molecule has 4 heteroatoms. The Balaban J connectivity index is 2.42. The van der Waals surface area contributed by atoms with Gasteiger partial charge in [-0.3, -0.25) is 4.79 Å². The maximum atomic E-state index is 11.7. The number of amides is 1. The van der Waals surface area contributed by atoms with Crippen LogP contribution in [0, 0.1) is 0 Å². The van der Waals surface area contributed by atoms with Crippen LogP contribution in [0.25, 0.3) is 0 Å². The second-order valence-electron chi connectivity index (χ2n) is 5.03. The van der Waals surface area contributed by atoms with Crippen molar-refractivity contribution in [1.82, 2.24) is 5.32 Å². The standard InChI is InChI=1S/C11H22N2O2/c1-10(2,15-3)7-9(14)13-11(8-12)5-4-6-11/h4-8,12H2,1-3H3,(H,13,14). The maximum absolute atomic E-state index is 11.7. The highest BCUT2D eigenvalue weighted by molar-refractivity contribution is 5.78. The largest absolute Gasteiger partial charge is 0.378 e. The van der Waals surface area contributed by atoms with E-state index in [-0.39, 0.29) is 11.4 Å². The van der Waals surface area contributed by atoms with Crippen molar-refractivity contribution in [2.24, 2.45) is 5.73 Å². The van der Waals surface area contributed by atoms with Gasteiger partial charge >= 0.3 is 0 Å². The van der Waals surface area contributed by atoms with E-state index in [0.29, 0.717) is 13.0 Å². The lowest BCUT2D eigenvalue weighted by molar-refractivity contribution is -0.129. The van der Waals surface area contributed by atoms with Crippen molar-refractivity contribution in [2.75, 3.05) is 13.7 Å². The smallest absolute Gasteiger partial charge is 0.223 e. The summed E-state index contributed by atoms with van der Waals surface area (Å²) in [5.74, 6) is 0.0343. The molecule has 0 aromatic heterocycles. The molecule has 15 heavy (non-hydrogen) atoms. The Morgan fingerprint density at radius 3 is 2.47 bits per heavy atom. The van der Waals surface area contributed by atoms with Crippen molar-refractivity contribution in [2.45, 2.75) is 50.7 Å². The predicted octanol–water partition coefficient (Wildman–Crippen LogP) is 0.799. The van der Waals surface area contributed by atoms with Crippen LogP contribution in [0.3, 0.4) is 0 Å². The number of hydrogen-bond donors (Lipinski definition) is 2. The van der Waals surface area contributed by atoms with E-state index < -0.39 is 5.60 Å². The van der Waals surface area contributed by atoms with Crippen LogP contribution in [0.15, 0.2) is 0 Å². The minimum atomic E-state index is -0.399. The van der Waals surface area contributed by atoms with Crippen molar-refractivity contribution < 1.29 is 9.53 Å². The molecule has 88 valence electrons. The average molecular weight is 214 g/mol. The lowest BCUT2D eigenvalue weighted by atomic mass is 9.76. The fourth-order valence-electron chi connectivity index (χ4n) is 1.78. The quantitative estimate of drug-likeness (QED) is 0.711. The van der Waals surface area contributed by atoms with Gasteiger partial charge in [-0.1, -0.05) is 0 Å². The van der Waals surface area contributed by atoms with E-state index in [0.717, 1.165) is 19.3 Å². The summed E-state index contributed by atoms with van der Waals surface area (Å²) in [6.45, 7) is 4.34. The van der Waals surface area contributed by atoms with Crippen LogP contribution >= 0.6 is 0 Å². The summed E-state index contributed by atoms with van der Waals surface area (Å²) in [5, 5.41) is 3.03. The number of nitrogens with two attached hydrogens (primary N) is 1. The number of rotatable bonds is 5. The normalized spacial score (nSPS) is 19.5. The molecule has 1 rings (SSSR count). The Kier molecular flexibility index (Phi) is 3.73. The predicted molar refractivity (Wildman–Crippen MR) is 59.5 cm³/mol. The Morgan fingerprint density at radius 1 is 1.53 bits per heavy atom. The zero-order chi connectivity index (χ0) is 11.5. The van der Waals surface area contributed by atoms with E-state index in [1.54, 1.807) is 7.11 Å². The molecule has 1 saturated carbocycles. The van der Waals surface area contributed by atoms with Gasteiger partial charge in [0.05, 0.1) is 17.6 Å². The van der Waals surface area contributed by atoms with Gasteiger partial charge in [-0.2, -0.15) is 0 Å². The SMILES string of the molecule is COC(C)(C)CC(=O)NC1(CN)CCC1. The van der Waals surface area contributed by atoms with Crippen molar-refractivity contribution in [3.05, 3.63) is 0 Å². The number of methoxy groups -OCH3 is 1. The third-order valence-electron chi connectivity index (χ3n) is 3.24. The third kappa shape index (κ3) is 3.18. The van der Waals surface area contributed by atoms with E-state index >= 15 is 0 Å². The summed E-state index contributed by atoms with van der Waals surface area (Å²) in [4.78, 5) is 11.7. The number of carbonyl (C=O) groups excluding carboxylic acids is 1. The zero-order valence-electron chi connectivity index (χ0n) is 9.93. The molecular formula is C11H22N2O2. The summed E-state index contributed by atoms with van der Waals surface area (Å²) < 4.78 is 5.22. The molecule has 1 amide bonds. The highest BCUT2D eigenvalue weighted by Crippen LogP contribution is 2.31. The minimum absolute atomic E-state index is 0.0343. The molecule has 3 N–H and O–H groups in total. The van der Waals surface area contributed by atoms with E-state index in [2.05, 4.69) is 5.32 Å². The van der Waals surface area contributed by atoms with Gasteiger partial charge in [0.2, 0.25) is 5.91 Å². The second-order valence-corrected chi connectivity index (χ2v) is 5.03. The van der Waals surface area contributed by atoms with Crippen LogP contribution in [0.4, 0.5) is 0 Å². The van der Waals surface area contributed by atoms with Gasteiger partial charge in [0.1, 0.15) is 0 Å². The molecule has 0 aliphatic heterocycles. The first-order chi connectivity index (χ1) is 6.93. The Bertz CT molecular complexity index is 229.